The Bertz CT molecular complexity index is 436. The van der Waals surface area contributed by atoms with Gasteiger partial charge in [0.15, 0.2) is 0 Å². The third kappa shape index (κ3) is 3.12. The molecule has 3 heteroatoms. The van der Waals surface area contributed by atoms with E-state index in [1.807, 2.05) is 48.6 Å². The molecule has 0 N–H and O–H groups in total. The normalized spacial score (nSPS) is 27.4. The van der Waals surface area contributed by atoms with Crippen molar-refractivity contribution in [1.82, 2.24) is 0 Å². The highest BCUT2D eigenvalue weighted by Crippen LogP contribution is 2.27. The fourth-order valence-corrected chi connectivity index (χ4v) is 1.91. The Balaban J connectivity index is 2.00. The van der Waals surface area contributed by atoms with Gasteiger partial charge in [-0.25, -0.2) is 0 Å². The van der Waals surface area contributed by atoms with Crippen molar-refractivity contribution >= 4 is 23.2 Å². The Kier molecular flexibility index (Phi) is 3.93. The molecule has 0 fully saturated rings. The van der Waals surface area contributed by atoms with E-state index in [9.17, 15) is 0 Å². The molecule has 0 saturated carbocycles. The topological polar surface area (TPSA) is 9.23 Å². The molecule has 0 saturated heterocycles. The van der Waals surface area contributed by atoms with E-state index in [-0.39, 0.29) is 5.38 Å². The zero-order valence-electron chi connectivity index (χ0n) is 9.27. The molecule has 1 aromatic carbocycles. The van der Waals surface area contributed by atoms with Crippen LogP contribution in [0.4, 0.5) is 0 Å². The van der Waals surface area contributed by atoms with E-state index in [1.54, 1.807) is 0 Å². The first-order valence-corrected chi connectivity index (χ1v) is 6.15. The summed E-state index contributed by atoms with van der Waals surface area (Å²) in [5.74, 6) is 0. The molecule has 1 aliphatic rings. The van der Waals surface area contributed by atoms with Gasteiger partial charge >= 0.3 is 0 Å². The first-order chi connectivity index (χ1) is 8.10. The number of hydrogen-bond donors (Lipinski definition) is 0. The van der Waals surface area contributed by atoms with Gasteiger partial charge in [-0.3, -0.25) is 0 Å². The molecule has 2 atom stereocenters. The fraction of sp³-hybridized carbons (Fsp3) is 0.214. The van der Waals surface area contributed by atoms with Gasteiger partial charge in [-0.2, -0.15) is 0 Å². The van der Waals surface area contributed by atoms with Gasteiger partial charge in [-0.15, -0.1) is 11.6 Å². The predicted octanol–water partition coefficient (Wildman–Crippen LogP) is 4.16. The summed E-state index contributed by atoms with van der Waals surface area (Å²) < 4.78 is 5.78. The second-order valence-corrected chi connectivity index (χ2v) is 4.92. The van der Waals surface area contributed by atoms with Gasteiger partial charge in [0.2, 0.25) is 0 Å². The number of hydrogen-bond acceptors (Lipinski definition) is 1. The van der Waals surface area contributed by atoms with Crippen LogP contribution in [-0.2, 0) is 11.3 Å². The first kappa shape index (κ1) is 12.7. The lowest BCUT2D eigenvalue weighted by Gasteiger charge is -2.31. The van der Waals surface area contributed by atoms with Crippen molar-refractivity contribution in [3.05, 3.63) is 66.1 Å². The fourth-order valence-electron chi connectivity index (χ4n) is 1.56. The molecule has 1 radical (unpaired) electrons. The summed E-state index contributed by atoms with van der Waals surface area (Å²) in [6.45, 7) is 4.48. The lowest BCUT2D eigenvalue weighted by molar-refractivity contribution is 0.0166. The van der Waals surface area contributed by atoms with Crippen LogP contribution in [0.5, 0.6) is 0 Å². The van der Waals surface area contributed by atoms with E-state index in [1.165, 1.54) is 0 Å². The number of alkyl halides is 1. The maximum Gasteiger partial charge on any atom is 0.107 e. The summed E-state index contributed by atoms with van der Waals surface area (Å²) in [5.41, 5.74) is 0.347. The molecule has 0 aromatic heterocycles. The molecule has 0 aliphatic heterocycles. The number of ether oxygens (including phenoxy) is 1. The predicted molar refractivity (Wildman–Crippen MR) is 72.3 cm³/mol. The summed E-state index contributed by atoms with van der Waals surface area (Å²) in [7, 11) is 0. The zero-order valence-corrected chi connectivity index (χ0v) is 10.8. The van der Waals surface area contributed by atoms with Gasteiger partial charge in [0.1, 0.15) is 5.60 Å². The van der Waals surface area contributed by atoms with Crippen molar-refractivity contribution in [2.45, 2.75) is 17.6 Å². The smallest absolute Gasteiger partial charge is 0.107 e. The number of benzene rings is 1. The summed E-state index contributed by atoms with van der Waals surface area (Å²) in [4.78, 5) is 0. The molecule has 2 rings (SSSR count). The molecule has 0 bridgehead atoms. The van der Waals surface area contributed by atoms with Gasteiger partial charge in [-0.1, -0.05) is 48.0 Å². The van der Waals surface area contributed by atoms with Gasteiger partial charge < -0.3 is 4.74 Å². The summed E-state index contributed by atoms with van der Waals surface area (Å²) >= 11 is 12.0. The Morgan fingerprint density at radius 3 is 2.59 bits per heavy atom. The SMILES string of the molecule is [CH2]C1(OCc2ccc(Cl)cc2)C=CC=CC1Cl. The molecule has 1 nitrogen and oxygen atoms in total. The van der Waals surface area contributed by atoms with Crippen molar-refractivity contribution in [3.8, 4) is 0 Å². The van der Waals surface area contributed by atoms with Crippen LogP contribution in [0.2, 0.25) is 5.02 Å². The monoisotopic (exact) mass is 267 g/mol. The first-order valence-electron chi connectivity index (χ1n) is 5.34. The third-order valence-electron chi connectivity index (χ3n) is 2.66. The van der Waals surface area contributed by atoms with Crippen LogP contribution in [0.3, 0.4) is 0 Å². The summed E-state index contributed by atoms with van der Waals surface area (Å²) in [5, 5.41) is 0.466. The Morgan fingerprint density at radius 2 is 1.94 bits per heavy atom. The Morgan fingerprint density at radius 1 is 1.24 bits per heavy atom. The lowest BCUT2D eigenvalue weighted by atomic mass is 9.97. The Hall–Kier alpha value is -0.760. The van der Waals surface area contributed by atoms with Crippen molar-refractivity contribution in [2.75, 3.05) is 0 Å². The average molecular weight is 268 g/mol. The minimum absolute atomic E-state index is 0.250. The van der Waals surface area contributed by atoms with Crippen molar-refractivity contribution in [1.29, 1.82) is 0 Å². The summed E-state index contributed by atoms with van der Waals surface area (Å²) in [6.07, 6.45) is 7.54. The summed E-state index contributed by atoms with van der Waals surface area (Å²) in [6, 6.07) is 7.53. The van der Waals surface area contributed by atoms with Gasteiger partial charge in [0.05, 0.1) is 12.0 Å². The van der Waals surface area contributed by atoms with Crippen LogP contribution < -0.4 is 0 Å². The van der Waals surface area contributed by atoms with E-state index in [0.29, 0.717) is 11.6 Å². The van der Waals surface area contributed by atoms with Crippen LogP contribution in [0.25, 0.3) is 0 Å². The van der Waals surface area contributed by atoms with E-state index in [4.69, 9.17) is 27.9 Å². The molecule has 1 aliphatic carbocycles. The van der Waals surface area contributed by atoms with Crippen molar-refractivity contribution in [2.24, 2.45) is 0 Å². The number of allylic oxidation sites excluding steroid dienone is 2. The minimum Gasteiger partial charge on any atom is -0.364 e. The second kappa shape index (κ2) is 5.26. The lowest BCUT2D eigenvalue weighted by Crippen LogP contribution is -2.37. The maximum atomic E-state index is 6.17. The molecular weight excluding hydrogens is 255 g/mol. The van der Waals surface area contributed by atoms with Gasteiger partial charge in [0.25, 0.3) is 0 Å². The maximum absolute atomic E-state index is 6.17. The van der Waals surface area contributed by atoms with Gasteiger partial charge in [0, 0.05) is 5.02 Å². The standard InChI is InChI=1S/C14H13Cl2O/c1-14(9-3-2-4-13(14)16)17-10-11-5-7-12(15)8-6-11/h2-9,13H,1,10H2. The highest BCUT2D eigenvalue weighted by atomic mass is 35.5. The molecule has 0 spiro atoms. The third-order valence-corrected chi connectivity index (χ3v) is 3.42. The van der Waals surface area contributed by atoms with Crippen molar-refractivity contribution in [3.63, 3.8) is 0 Å². The number of rotatable bonds is 3. The molecular formula is C14H13Cl2O. The van der Waals surface area contributed by atoms with E-state index < -0.39 is 5.60 Å². The Labute approximate surface area is 112 Å². The molecule has 1 aromatic rings. The minimum atomic E-state index is -0.698. The van der Waals surface area contributed by atoms with Gasteiger partial charge in [-0.05, 0) is 24.6 Å². The van der Waals surface area contributed by atoms with Crippen LogP contribution >= 0.6 is 23.2 Å². The zero-order chi connectivity index (χ0) is 12.3. The highest BCUT2D eigenvalue weighted by molar-refractivity contribution is 6.30. The highest BCUT2D eigenvalue weighted by Gasteiger charge is 2.31. The molecule has 2 unspecified atom stereocenters. The second-order valence-electron chi connectivity index (χ2n) is 4.02. The largest absolute Gasteiger partial charge is 0.364 e. The van der Waals surface area contributed by atoms with E-state index in [2.05, 4.69) is 6.92 Å². The molecule has 0 heterocycles. The van der Waals surface area contributed by atoms with Crippen LogP contribution in [-0.4, -0.2) is 11.0 Å². The average Bonchev–Trinajstić information content (AvgIpc) is 2.33. The quantitative estimate of drug-likeness (QED) is 0.748. The number of halogens is 2. The van der Waals surface area contributed by atoms with E-state index in [0.717, 1.165) is 5.56 Å². The van der Waals surface area contributed by atoms with E-state index >= 15 is 0 Å². The van der Waals surface area contributed by atoms with Crippen LogP contribution in [0, 0.1) is 6.92 Å². The molecule has 0 amide bonds. The van der Waals surface area contributed by atoms with Crippen LogP contribution in [0.15, 0.2) is 48.6 Å². The molecule has 89 valence electrons. The van der Waals surface area contributed by atoms with Crippen molar-refractivity contribution < 1.29 is 4.74 Å². The van der Waals surface area contributed by atoms with Crippen LogP contribution in [0.1, 0.15) is 5.56 Å². The molecule has 17 heavy (non-hydrogen) atoms.